The molecule has 1 amide bonds. The van der Waals surface area contributed by atoms with E-state index in [1.807, 2.05) is 30.3 Å². The number of aliphatic carboxylic acids is 1. The van der Waals surface area contributed by atoms with E-state index in [1.54, 1.807) is 6.26 Å². The van der Waals surface area contributed by atoms with Gasteiger partial charge < -0.3 is 14.8 Å². The van der Waals surface area contributed by atoms with Crippen LogP contribution in [0.3, 0.4) is 0 Å². The van der Waals surface area contributed by atoms with Gasteiger partial charge in [-0.1, -0.05) is 18.2 Å². The molecule has 1 heterocycles. The number of oxazole rings is 1. The Balaban J connectivity index is 1.63. The first-order chi connectivity index (χ1) is 11.6. The van der Waals surface area contributed by atoms with Crippen molar-refractivity contribution in [1.82, 2.24) is 10.3 Å². The number of carboxylic acids is 1. The summed E-state index contributed by atoms with van der Waals surface area (Å²) < 4.78 is 5.44. The van der Waals surface area contributed by atoms with Crippen LogP contribution in [0.1, 0.15) is 5.69 Å². The minimum Gasteiger partial charge on any atom is -0.481 e. The van der Waals surface area contributed by atoms with Gasteiger partial charge in [0.2, 0.25) is 11.8 Å². The summed E-state index contributed by atoms with van der Waals surface area (Å²) in [7, 11) is 0. The third-order valence-electron chi connectivity index (χ3n) is 2.85. The fourth-order valence-electron chi connectivity index (χ4n) is 1.81. The number of rotatable bonds is 10. The van der Waals surface area contributed by atoms with Crippen molar-refractivity contribution in [2.75, 3.05) is 23.8 Å². The third kappa shape index (κ3) is 6.67. The second-order valence-electron chi connectivity index (χ2n) is 4.80. The van der Waals surface area contributed by atoms with Crippen molar-refractivity contribution < 1.29 is 19.1 Å². The van der Waals surface area contributed by atoms with E-state index in [9.17, 15) is 9.59 Å². The van der Waals surface area contributed by atoms with Gasteiger partial charge in [-0.25, -0.2) is 4.98 Å². The van der Waals surface area contributed by atoms with E-state index in [-0.39, 0.29) is 11.7 Å². The minimum absolute atomic E-state index is 0.0561. The molecule has 2 rings (SSSR count). The molecule has 128 valence electrons. The molecule has 0 unspecified atom stereocenters. The average molecular weight is 366 g/mol. The minimum atomic E-state index is -0.843. The Morgan fingerprint density at radius 1 is 1.17 bits per heavy atom. The lowest BCUT2D eigenvalue weighted by Crippen LogP contribution is -2.27. The van der Waals surface area contributed by atoms with Gasteiger partial charge in [-0.2, -0.15) is 0 Å². The van der Waals surface area contributed by atoms with Crippen LogP contribution in [0.4, 0.5) is 0 Å². The van der Waals surface area contributed by atoms with E-state index in [0.29, 0.717) is 29.7 Å². The quantitative estimate of drug-likeness (QED) is 0.624. The van der Waals surface area contributed by atoms with Crippen molar-refractivity contribution in [3.8, 4) is 11.5 Å². The molecule has 24 heavy (non-hydrogen) atoms. The highest BCUT2D eigenvalue weighted by molar-refractivity contribution is 8.00. The monoisotopic (exact) mass is 366 g/mol. The summed E-state index contributed by atoms with van der Waals surface area (Å²) in [4.78, 5) is 26.4. The number of thioether (sulfide) groups is 2. The largest absolute Gasteiger partial charge is 0.481 e. The van der Waals surface area contributed by atoms with Crippen LogP contribution in [0.5, 0.6) is 0 Å². The van der Waals surface area contributed by atoms with Crippen LogP contribution in [-0.2, 0) is 15.3 Å². The number of carbonyl (C=O) groups is 2. The normalized spacial score (nSPS) is 10.5. The number of benzene rings is 1. The molecule has 6 nitrogen and oxygen atoms in total. The van der Waals surface area contributed by atoms with Crippen molar-refractivity contribution in [1.29, 1.82) is 0 Å². The summed E-state index contributed by atoms with van der Waals surface area (Å²) in [6.45, 7) is 0.472. The lowest BCUT2D eigenvalue weighted by atomic mass is 10.2. The Kier molecular flexibility index (Phi) is 7.70. The second kappa shape index (κ2) is 10.0. The summed E-state index contributed by atoms with van der Waals surface area (Å²) in [6, 6.07) is 9.64. The Bertz CT molecular complexity index is 661. The van der Waals surface area contributed by atoms with E-state index in [1.165, 1.54) is 23.5 Å². The van der Waals surface area contributed by atoms with Gasteiger partial charge in [-0.15, -0.1) is 23.5 Å². The number of carbonyl (C=O) groups excluding carboxylic acids is 1. The molecule has 0 aliphatic heterocycles. The lowest BCUT2D eigenvalue weighted by molar-refractivity contribution is -0.133. The molecule has 0 atom stereocenters. The summed E-state index contributed by atoms with van der Waals surface area (Å²) in [5.74, 6) is 1.24. The molecule has 0 saturated heterocycles. The number of hydrogen-bond donors (Lipinski definition) is 2. The Morgan fingerprint density at radius 2 is 1.96 bits per heavy atom. The van der Waals surface area contributed by atoms with Crippen LogP contribution < -0.4 is 5.32 Å². The molecule has 0 aliphatic rings. The van der Waals surface area contributed by atoms with Gasteiger partial charge >= 0.3 is 5.97 Å². The first-order valence-corrected chi connectivity index (χ1v) is 9.60. The predicted octanol–water partition coefficient (Wildman–Crippen LogP) is 2.51. The van der Waals surface area contributed by atoms with Crippen LogP contribution >= 0.6 is 23.5 Å². The summed E-state index contributed by atoms with van der Waals surface area (Å²) >= 11 is 2.74. The summed E-state index contributed by atoms with van der Waals surface area (Å²) in [5.41, 5.74) is 1.72. The van der Waals surface area contributed by atoms with Crippen LogP contribution in [0.15, 0.2) is 41.0 Å². The number of nitrogens with one attached hydrogen (secondary N) is 1. The molecule has 1 aromatic carbocycles. The van der Waals surface area contributed by atoms with Crippen molar-refractivity contribution >= 4 is 35.4 Å². The lowest BCUT2D eigenvalue weighted by Gasteiger charge is -2.03. The molecule has 8 heteroatoms. The standard InChI is InChI=1S/C16H18N2O4S2/c19-14(17-6-7-23-11-15(20)21)10-24-9-13-8-22-16(18-13)12-4-2-1-3-5-12/h1-5,8H,6-7,9-11H2,(H,17,19)(H,20,21). The third-order valence-corrected chi connectivity index (χ3v) is 4.76. The first kappa shape index (κ1) is 18.4. The van der Waals surface area contributed by atoms with Gasteiger partial charge in [0.05, 0.1) is 17.2 Å². The topological polar surface area (TPSA) is 92.4 Å². The zero-order valence-corrected chi connectivity index (χ0v) is 14.6. The van der Waals surface area contributed by atoms with Crippen molar-refractivity contribution in [3.63, 3.8) is 0 Å². The van der Waals surface area contributed by atoms with Crippen LogP contribution in [0.25, 0.3) is 11.5 Å². The maximum absolute atomic E-state index is 11.7. The molecular weight excluding hydrogens is 348 g/mol. The van der Waals surface area contributed by atoms with Crippen LogP contribution in [-0.4, -0.2) is 45.8 Å². The molecule has 0 spiro atoms. The van der Waals surface area contributed by atoms with E-state index in [4.69, 9.17) is 9.52 Å². The molecule has 0 aliphatic carbocycles. The molecule has 0 radical (unpaired) electrons. The Hall–Kier alpha value is -1.93. The van der Waals surface area contributed by atoms with E-state index >= 15 is 0 Å². The number of aromatic nitrogens is 1. The van der Waals surface area contributed by atoms with Crippen LogP contribution in [0, 0.1) is 0 Å². The highest BCUT2D eigenvalue weighted by Crippen LogP contribution is 2.20. The van der Waals surface area contributed by atoms with Crippen LogP contribution in [0.2, 0.25) is 0 Å². The van der Waals surface area contributed by atoms with Gasteiger partial charge in [-0.05, 0) is 12.1 Å². The molecule has 0 bridgehead atoms. The molecule has 2 aromatic rings. The predicted molar refractivity (Wildman–Crippen MR) is 96.1 cm³/mol. The second-order valence-corrected chi connectivity index (χ2v) is 6.89. The number of nitrogens with zero attached hydrogens (tertiary/aromatic N) is 1. The fraction of sp³-hybridized carbons (Fsp3) is 0.312. The summed E-state index contributed by atoms with van der Waals surface area (Å²) in [6.07, 6.45) is 1.61. The Morgan fingerprint density at radius 3 is 2.71 bits per heavy atom. The highest BCUT2D eigenvalue weighted by Gasteiger charge is 2.07. The molecular formula is C16H18N2O4S2. The first-order valence-electron chi connectivity index (χ1n) is 7.29. The summed E-state index contributed by atoms with van der Waals surface area (Å²) in [5, 5.41) is 11.3. The number of amides is 1. The van der Waals surface area contributed by atoms with Gasteiger partial charge in [-0.3, -0.25) is 9.59 Å². The van der Waals surface area contributed by atoms with Crippen molar-refractivity contribution in [3.05, 3.63) is 42.3 Å². The van der Waals surface area contributed by atoms with Gasteiger partial charge in [0.25, 0.3) is 0 Å². The smallest absolute Gasteiger partial charge is 0.313 e. The SMILES string of the molecule is O=C(O)CSCCNC(=O)CSCc1coc(-c2ccccc2)n1. The van der Waals surface area contributed by atoms with E-state index in [2.05, 4.69) is 10.3 Å². The molecule has 2 N–H and O–H groups in total. The zero-order chi connectivity index (χ0) is 17.2. The number of hydrogen-bond acceptors (Lipinski definition) is 6. The maximum Gasteiger partial charge on any atom is 0.313 e. The van der Waals surface area contributed by atoms with E-state index < -0.39 is 5.97 Å². The maximum atomic E-state index is 11.7. The molecule has 0 saturated carbocycles. The molecule has 1 aromatic heterocycles. The highest BCUT2D eigenvalue weighted by atomic mass is 32.2. The zero-order valence-electron chi connectivity index (χ0n) is 12.9. The van der Waals surface area contributed by atoms with Gasteiger partial charge in [0, 0.05) is 23.6 Å². The number of carboxylic acid groups (broad SMARTS) is 1. The molecule has 0 fully saturated rings. The fourth-order valence-corrected chi connectivity index (χ4v) is 3.10. The van der Waals surface area contributed by atoms with Crippen molar-refractivity contribution in [2.45, 2.75) is 5.75 Å². The van der Waals surface area contributed by atoms with Crippen molar-refractivity contribution in [2.24, 2.45) is 0 Å². The van der Waals surface area contributed by atoms with Gasteiger partial charge in [0.15, 0.2) is 0 Å². The average Bonchev–Trinajstić information content (AvgIpc) is 3.04. The Labute approximate surface area is 148 Å². The van der Waals surface area contributed by atoms with Gasteiger partial charge in [0.1, 0.15) is 6.26 Å². The van der Waals surface area contributed by atoms with E-state index in [0.717, 1.165) is 11.3 Å².